The molecule has 1 aromatic rings. The maximum atomic E-state index is 12.2. The number of hydrogen-bond donors (Lipinski definition) is 1. The topological polar surface area (TPSA) is 54.5 Å². The third-order valence-corrected chi connectivity index (χ3v) is 4.67. The Kier molecular flexibility index (Phi) is 6.89. The van der Waals surface area contributed by atoms with Crippen molar-refractivity contribution < 1.29 is 9.53 Å². The maximum Gasteiger partial charge on any atom is 0.239 e. The van der Waals surface area contributed by atoms with Crippen LogP contribution in [0.3, 0.4) is 0 Å². The number of hydrogen-bond acceptors (Lipinski definition) is 5. The second-order valence-corrected chi connectivity index (χ2v) is 6.24. The second kappa shape index (κ2) is 8.68. The van der Waals surface area contributed by atoms with E-state index in [2.05, 4.69) is 15.2 Å². The van der Waals surface area contributed by atoms with Crippen molar-refractivity contribution >= 4 is 28.8 Å². The lowest BCUT2D eigenvalue weighted by Gasteiger charge is -2.34. The number of nitrogens with zero attached hydrogens (tertiary/aromatic N) is 2. The highest BCUT2D eigenvalue weighted by Crippen LogP contribution is 2.14. The summed E-state index contributed by atoms with van der Waals surface area (Å²) < 4.78 is 5.45. The number of carbonyl (C=O) groups is 1. The summed E-state index contributed by atoms with van der Waals surface area (Å²) >= 11 is 7.40. The number of morpholine rings is 1. The molecule has 1 amide bonds. The van der Waals surface area contributed by atoms with Crippen molar-refractivity contribution in [2.75, 3.05) is 32.8 Å². The minimum atomic E-state index is -0.183. The van der Waals surface area contributed by atoms with Gasteiger partial charge in [0.05, 0.1) is 29.8 Å². The van der Waals surface area contributed by atoms with Gasteiger partial charge in [-0.3, -0.25) is 9.69 Å². The average molecular weight is 332 g/mol. The van der Waals surface area contributed by atoms with Crippen molar-refractivity contribution in [3.63, 3.8) is 0 Å². The lowest BCUT2D eigenvalue weighted by Crippen LogP contribution is -2.54. The summed E-state index contributed by atoms with van der Waals surface area (Å²) in [5.74, 6) is 0.521. The fraction of sp³-hybridized carbons (Fsp3) is 0.714. The van der Waals surface area contributed by atoms with Crippen molar-refractivity contribution in [2.24, 2.45) is 0 Å². The Morgan fingerprint density at radius 1 is 1.67 bits per heavy atom. The van der Waals surface area contributed by atoms with Crippen LogP contribution in [0, 0.1) is 0 Å². The first kappa shape index (κ1) is 16.7. The van der Waals surface area contributed by atoms with E-state index < -0.39 is 0 Å². The van der Waals surface area contributed by atoms with E-state index in [0.717, 1.165) is 36.6 Å². The van der Waals surface area contributed by atoms with Gasteiger partial charge in [-0.25, -0.2) is 4.98 Å². The fourth-order valence-electron chi connectivity index (χ4n) is 2.28. The van der Waals surface area contributed by atoms with E-state index in [4.69, 9.17) is 16.3 Å². The van der Waals surface area contributed by atoms with Gasteiger partial charge in [-0.2, -0.15) is 0 Å². The van der Waals surface area contributed by atoms with Crippen LogP contribution in [0.2, 0.25) is 0 Å². The Hall–Kier alpha value is -0.690. The van der Waals surface area contributed by atoms with Crippen molar-refractivity contribution in [3.8, 4) is 0 Å². The van der Waals surface area contributed by atoms with Crippen LogP contribution < -0.4 is 5.32 Å². The molecule has 1 saturated heterocycles. The molecule has 0 bridgehead atoms. The molecule has 1 fully saturated rings. The molecule has 1 N–H and O–H groups in total. The van der Waals surface area contributed by atoms with Crippen LogP contribution in [0.25, 0.3) is 0 Å². The van der Waals surface area contributed by atoms with Gasteiger partial charge in [0.25, 0.3) is 0 Å². The number of alkyl halides is 1. The van der Waals surface area contributed by atoms with Gasteiger partial charge < -0.3 is 10.1 Å². The standard InChI is InChI=1S/C14H22ClN3O2S/c1-2-4-16-14(19)12-9-20-7-6-18(12)5-3-13-17-11(8-15)10-21-13/h10,12H,2-9H2,1H3,(H,16,19). The van der Waals surface area contributed by atoms with Gasteiger partial charge >= 0.3 is 0 Å². The Balaban J connectivity index is 1.87. The predicted octanol–water partition coefficient (Wildman–Crippen LogP) is 1.65. The van der Waals surface area contributed by atoms with E-state index in [9.17, 15) is 4.79 Å². The molecule has 1 atom stereocenters. The zero-order valence-corrected chi connectivity index (χ0v) is 13.9. The van der Waals surface area contributed by atoms with Crippen LogP contribution in [0.4, 0.5) is 0 Å². The van der Waals surface area contributed by atoms with Gasteiger partial charge in [0.2, 0.25) is 5.91 Å². The van der Waals surface area contributed by atoms with E-state index in [1.807, 2.05) is 12.3 Å². The fourth-order valence-corrected chi connectivity index (χ4v) is 3.29. The van der Waals surface area contributed by atoms with Gasteiger partial charge in [-0.05, 0) is 6.42 Å². The Morgan fingerprint density at radius 2 is 2.52 bits per heavy atom. The molecule has 7 heteroatoms. The minimum Gasteiger partial charge on any atom is -0.378 e. The van der Waals surface area contributed by atoms with Gasteiger partial charge in [-0.15, -0.1) is 22.9 Å². The molecule has 1 aliphatic heterocycles. The highest BCUT2D eigenvalue weighted by molar-refractivity contribution is 7.09. The molecule has 0 spiro atoms. The predicted molar refractivity (Wildman–Crippen MR) is 84.9 cm³/mol. The van der Waals surface area contributed by atoms with Gasteiger partial charge in [-0.1, -0.05) is 6.92 Å². The number of carbonyl (C=O) groups excluding carboxylic acids is 1. The van der Waals surface area contributed by atoms with Crippen LogP contribution in [0.15, 0.2) is 5.38 Å². The van der Waals surface area contributed by atoms with Crippen molar-refractivity contribution in [1.82, 2.24) is 15.2 Å². The molecule has 1 aliphatic rings. The smallest absolute Gasteiger partial charge is 0.239 e. The van der Waals surface area contributed by atoms with Crippen LogP contribution >= 0.6 is 22.9 Å². The van der Waals surface area contributed by atoms with E-state index in [-0.39, 0.29) is 11.9 Å². The summed E-state index contributed by atoms with van der Waals surface area (Å²) in [5.41, 5.74) is 0.927. The van der Waals surface area contributed by atoms with E-state index in [0.29, 0.717) is 25.6 Å². The molecule has 0 saturated carbocycles. The summed E-state index contributed by atoms with van der Waals surface area (Å²) in [6.07, 6.45) is 1.79. The number of halogens is 1. The lowest BCUT2D eigenvalue weighted by molar-refractivity contribution is -0.132. The maximum absolute atomic E-state index is 12.2. The Morgan fingerprint density at radius 3 is 3.24 bits per heavy atom. The number of rotatable bonds is 7. The monoisotopic (exact) mass is 331 g/mol. The Labute approximate surface area is 134 Å². The first-order chi connectivity index (χ1) is 10.2. The normalized spacial score (nSPS) is 19.6. The van der Waals surface area contributed by atoms with E-state index in [1.54, 1.807) is 11.3 Å². The summed E-state index contributed by atoms with van der Waals surface area (Å²) in [7, 11) is 0. The minimum absolute atomic E-state index is 0.0668. The zero-order chi connectivity index (χ0) is 15.1. The summed E-state index contributed by atoms with van der Waals surface area (Å²) in [6.45, 7) is 5.53. The van der Waals surface area contributed by atoms with E-state index in [1.165, 1.54) is 0 Å². The molecule has 0 radical (unpaired) electrons. The highest BCUT2D eigenvalue weighted by atomic mass is 35.5. The SMILES string of the molecule is CCCNC(=O)C1COCCN1CCc1nc(CCl)cs1. The molecule has 1 aromatic heterocycles. The largest absolute Gasteiger partial charge is 0.378 e. The number of nitrogens with one attached hydrogen (secondary N) is 1. The number of thiazole rings is 1. The average Bonchev–Trinajstić information content (AvgIpc) is 2.99. The van der Waals surface area contributed by atoms with Crippen molar-refractivity contribution in [3.05, 3.63) is 16.1 Å². The van der Waals surface area contributed by atoms with Gasteiger partial charge in [0.1, 0.15) is 6.04 Å². The first-order valence-electron chi connectivity index (χ1n) is 7.33. The molecule has 2 rings (SSSR count). The molecule has 0 aliphatic carbocycles. The number of aromatic nitrogens is 1. The summed E-state index contributed by atoms with van der Waals surface area (Å²) in [6, 6.07) is -0.183. The molecular formula is C14H22ClN3O2S. The van der Waals surface area contributed by atoms with Crippen molar-refractivity contribution in [2.45, 2.75) is 31.7 Å². The summed E-state index contributed by atoms with van der Waals surface area (Å²) in [4.78, 5) is 18.8. The van der Waals surface area contributed by atoms with Gasteiger partial charge in [0.15, 0.2) is 0 Å². The first-order valence-corrected chi connectivity index (χ1v) is 8.74. The molecule has 1 unspecified atom stereocenters. The zero-order valence-electron chi connectivity index (χ0n) is 12.3. The second-order valence-electron chi connectivity index (χ2n) is 5.03. The van der Waals surface area contributed by atoms with E-state index >= 15 is 0 Å². The third kappa shape index (κ3) is 4.92. The number of ether oxygens (including phenoxy) is 1. The molecule has 0 aromatic carbocycles. The van der Waals surface area contributed by atoms with Crippen LogP contribution in [0.5, 0.6) is 0 Å². The lowest BCUT2D eigenvalue weighted by atomic mass is 10.2. The number of amides is 1. The van der Waals surface area contributed by atoms with Crippen LogP contribution in [-0.4, -0.2) is 54.7 Å². The quantitative estimate of drug-likeness (QED) is 0.772. The third-order valence-electron chi connectivity index (χ3n) is 3.44. The van der Waals surface area contributed by atoms with Crippen LogP contribution in [-0.2, 0) is 21.8 Å². The van der Waals surface area contributed by atoms with Crippen LogP contribution in [0.1, 0.15) is 24.0 Å². The molecule has 2 heterocycles. The Bertz CT molecular complexity index is 455. The van der Waals surface area contributed by atoms with Gasteiger partial charge in [0, 0.05) is 31.4 Å². The summed E-state index contributed by atoms with van der Waals surface area (Å²) in [5, 5.41) is 6.02. The van der Waals surface area contributed by atoms with Crippen molar-refractivity contribution in [1.29, 1.82) is 0 Å². The highest BCUT2D eigenvalue weighted by Gasteiger charge is 2.28. The molecule has 118 valence electrons. The molecule has 21 heavy (non-hydrogen) atoms. The molecule has 5 nitrogen and oxygen atoms in total. The molecular weight excluding hydrogens is 310 g/mol.